The van der Waals surface area contributed by atoms with Crippen LogP contribution >= 0.6 is 11.3 Å². The van der Waals surface area contributed by atoms with E-state index >= 15 is 0 Å². The van der Waals surface area contributed by atoms with E-state index in [0.717, 1.165) is 41.6 Å². The number of methoxy groups -OCH3 is 1. The maximum Gasteiger partial charge on any atom is 0.270 e. The maximum absolute atomic E-state index is 12.8. The minimum Gasteiger partial charge on any atom is -0.497 e. The zero-order valence-corrected chi connectivity index (χ0v) is 20.5. The number of aromatic nitrogens is 1. The third-order valence-electron chi connectivity index (χ3n) is 5.78. The van der Waals surface area contributed by atoms with Crippen LogP contribution in [-0.4, -0.2) is 55.0 Å². The first kappa shape index (κ1) is 24.5. The van der Waals surface area contributed by atoms with Crippen molar-refractivity contribution in [3.8, 4) is 5.75 Å². The molecule has 0 radical (unpaired) electrons. The summed E-state index contributed by atoms with van der Waals surface area (Å²) >= 11 is 1.14. The second-order valence-electron chi connectivity index (χ2n) is 8.28. The minimum atomic E-state index is -0.715. The highest BCUT2D eigenvalue weighted by molar-refractivity contribution is 7.20. The number of anilines is 4. The molecule has 0 atom stereocenters. The highest BCUT2D eigenvalue weighted by Gasteiger charge is 2.19. The average Bonchev–Trinajstić information content (AvgIpc) is 3.28. The first-order valence-corrected chi connectivity index (χ1v) is 12.4. The van der Waals surface area contributed by atoms with Crippen LogP contribution in [0.3, 0.4) is 0 Å². The van der Waals surface area contributed by atoms with E-state index in [1.807, 2.05) is 24.3 Å². The average molecular weight is 495 g/mol. The van der Waals surface area contributed by atoms with Crippen LogP contribution in [0.5, 0.6) is 5.75 Å². The quantitative estimate of drug-likeness (QED) is 0.334. The van der Waals surface area contributed by atoms with Crippen LogP contribution in [0.2, 0.25) is 0 Å². The summed E-state index contributed by atoms with van der Waals surface area (Å²) in [6.07, 6.45) is 3.89. The second-order valence-corrected chi connectivity index (χ2v) is 9.27. The topological polar surface area (TPSA) is 122 Å². The van der Waals surface area contributed by atoms with Crippen LogP contribution in [0.25, 0.3) is 0 Å². The lowest BCUT2D eigenvalue weighted by atomic mass is 10.1. The molecular formula is C25H30N6O3S. The van der Waals surface area contributed by atoms with E-state index in [0.29, 0.717) is 15.7 Å². The maximum atomic E-state index is 12.8. The van der Waals surface area contributed by atoms with Crippen LogP contribution in [-0.2, 0) is 0 Å². The summed E-state index contributed by atoms with van der Waals surface area (Å²) < 4.78 is 5.16. The molecule has 1 aromatic heterocycles. The molecule has 0 spiro atoms. The Morgan fingerprint density at radius 1 is 1.03 bits per heavy atom. The number of carbonyl (C=O) groups excluding carboxylic acids is 2. The standard InChI is InChI=1S/C25H30N6O3S/c1-34-20-11-9-19(10-12-20)28-25-29-21(22(26)32)24(35-25)30-23(33)17-5-7-18(8-6-17)27-13-16-31-14-3-2-4-15-31/h5-12,27H,2-4,13-16H2,1H3,(H2,26,32)(H,28,29)(H,30,33). The number of ether oxygens (including phenoxy) is 1. The van der Waals surface area contributed by atoms with E-state index in [9.17, 15) is 9.59 Å². The van der Waals surface area contributed by atoms with Gasteiger partial charge in [-0.1, -0.05) is 17.8 Å². The third kappa shape index (κ3) is 6.71. The third-order valence-corrected chi connectivity index (χ3v) is 6.67. The van der Waals surface area contributed by atoms with Crippen molar-refractivity contribution in [2.24, 2.45) is 5.73 Å². The Hall–Kier alpha value is -3.63. The zero-order valence-electron chi connectivity index (χ0n) is 19.7. The predicted octanol–water partition coefficient (Wildman–Crippen LogP) is 4.14. The molecule has 2 amide bonds. The molecule has 10 heteroatoms. The number of likely N-dealkylation sites (tertiary alicyclic amines) is 1. The SMILES string of the molecule is COc1ccc(Nc2nc(C(N)=O)c(NC(=O)c3ccc(NCCN4CCCCC4)cc3)s2)cc1. The number of hydrogen-bond acceptors (Lipinski definition) is 8. The number of hydrogen-bond donors (Lipinski definition) is 4. The zero-order chi connectivity index (χ0) is 24.6. The number of nitrogens with one attached hydrogen (secondary N) is 3. The van der Waals surface area contributed by atoms with E-state index < -0.39 is 5.91 Å². The molecule has 0 bridgehead atoms. The van der Waals surface area contributed by atoms with Gasteiger partial charge in [0.15, 0.2) is 10.8 Å². The predicted molar refractivity (Wildman–Crippen MR) is 140 cm³/mol. The molecule has 1 aliphatic rings. The molecule has 1 aliphatic heterocycles. The fourth-order valence-corrected chi connectivity index (χ4v) is 4.77. The molecule has 184 valence electrons. The highest BCUT2D eigenvalue weighted by atomic mass is 32.1. The fraction of sp³-hybridized carbons (Fsp3) is 0.320. The van der Waals surface area contributed by atoms with Gasteiger partial charge >= 0.3 is 0 Å². The molecule has 1 saturated heterocycles. The molecule has 2 aromatic carbocycles. The monoisotopic (exact) mass is 494 g/mol. The van der Waals surface area contributed by atoms with Gasteiger partial charge in [0.05, 0.1) is 7.11 Å². The van der Waals surface area contributed by atoms with Crippen molar-refractivity contribution in [1.82, 2.24) is 9.88 Å². The van der Waals surface area contributed by atoms with Gasteiger partial charge in [-0.05, 0) is 74.5 Å². The first-order valence-electron chi connectivity index (χ1n) is 11.6. The van der Waals surface area contributed by atoms with Crippen molar-refractivity contribution in [2.75, 3.05) is 49.2 Å². The molecule has 4 rings (SSSR count). The number of thiazole rings is 1. The summed E-state index contributed by atoms with van der Waals surface area (Å²) in [4.78, 5) is 31.4. The second kappa shape index (κ2) is 11.7. The fourth-order valence-electron chi connectivity index (χ4n) is 3.88. The summed E-state index contributed by atoms with van der Waals surface area (Å²) in [5, 5.41) is 10.0. The molecule has 5 N–H and O–H groups in total. The lowest BCUT2D eigenvalue weighted by Gasteiger charge is -2.26. The highest BCUT2D eigenvalue weighted by Crippen LogP contribution is 2.31. The lowest BCUT2D eigenvalue weighted by Crippen LogP contribution is -2.33. The summed E-state index contributed by atoms with van der Waals surface area (Å²) in [5.41, 5.74) is 7.69. The van der Waals surface area contributed by atoms with E-state index in [1.54, 1.807) is 31.4 Å². The van der Waals surface area contributed by atoms with Crippen LogP contribution in [0.1, 0.15) is 40.1 Å². The van der Waals surface area contributed by atoms with Crippen molar-refractivity contribution < 1.29 is 14.3 Å². The normalized spacial score (nSPS) is 13.7. The van der Waals surface area contributed by atoms with E-state index in [4.69, 9.17) is 10.5 Å². The van der Waals surface area contributed by atoms with E-state index in [2.05, 4.69) is 25.8 Å². The van der Waals surface area contributed by atoms with Gasteiger partial charge in [0, 0.05) is 30.0 Å². The number of nitrogens with two attached hydrogens (primary N) is 1. The number of benzene rings is 2. The molecule has 35 heavy (non-hydrogen) atoms. The molecule has 0 aliphatic carbocycles. The summed E-state index contributed by atoms with van der Waals surface area (Å²) in [6.45, 7) is 4.21. The minimum absolute atomic E-state index is 0.00959. The largest absolute Gasteiger partial charge is 0.497 e. The van der Waals surface area contributed by atoms with E-state index in [1.165, 1.54) is 32.4 Å². The van der Waals surface area contributed by atoms with Crippen LogP contribution in [0, 0.1) is 0 Å². The van der Waals surface area contributed by atoms with Gasteiger partial charge in [-0.15, -0.1) is 0 Å². The smallest absolute Gasteiger partial charge is 0.270 e. The van der Waals surface area contributed by atoms with Gasteiger partial charge in [0.2, 0.25) is 0 Å². The number of piperidine rings is 1. The van der Waals surface area contributed by atoms with Gasteiger partial charge in [-0.25, -0.2) is 4.98 Å². The lowest BCUT2D eigenvalue weighted by molar-refractivity contribution is 0.0997. The number of carbonyl (C=O) groups is 2. The molecule has 9 nitrogen and oxygen atoms in total. The number of rotatable bonds is 10. The molecule has 0 saturated carbocycles. The molecule has 2 heterocycles. The Kier molecular flexibility index (Phi) is 8.17. The molecule has 0 unspecified atom stereocenters. The summed E-state index contributed by atoms with van der Waals surface area (Å²) in [7, 11) is 1.60. The van der Waals surface area contributed by atoms with Crippen LogP contribution < -0.4 is 26.4 Å². The van der Waals surface area contributed by atoms with Gasteiger partial charge in [-0.2, -0.15) is 0 Å². The Labute approximate surface area is 208 Å². The number of amides is 2. The van der Waals surface area contributed by atoms with Gasteiger partial charge < -0.3 is 31.3 Å². The van der Waals surface area contributed by atoms with Gasteiger partial charge in [0.25, 0.3) is 11.8 Å². The van der Waals surface area contributed by atoms with Crippen molar-refractivity contribution in [2.45, 2.75) is 19.3 Å². The Bertz CT molecular complexity index is 1140. The first-order chi connectivity index (χ1) is 17.0. The van der Waals surface area contributed by atoms with Crippen LogP contribution in [0.4, 0.5) is 21.5 Å². The van der Waals surface area contributed by atoms with Crippen molar-refractivity contribution in [3.05, 3.63) is 59.8 Å². The van der Waals surface area contributed by atoms with Crippen LogP contribution in [0.15, 0.2) is 48.5 Å². The van der Waals surface area contributed by atoms with E-state index in [-0.39, 0.29) is 11.6 Å². The van der Waals surface area contributed by atoms with Gasteiger partial charge in [0.1, 0.15) is 10.8 Å². The summed E-state index contributed by atoms with van der Waals surface area (Å²) in [6, 6.07) is 14.5. The van der Waals surface area contributed by atoms with Gasteiger partial charge in [-0.3, -0.25) is 9.59 Å². The van der Waals surface area contributed by atoms with Crippen molar-refractivity contribution in [3.63, 3.8) is 0 Å². The molecule has 1 fully saturated rings. The molecular weight excluding hydrogens is 464 g/mol. The molecule has 3 aromatic rings. The summed E-state index contributed by atoms with van der Waals surface area (Å²) in [5.74, 6) is -0.330. The van der Waals surface area contributed by atoms with Crippen molar-refractivity contribution >= 4 is 44.7 Å². The Balaban J connectivity index is 1.35. The Morgan fingerprint density at radius 3 is 2.37 bits per heavy atom. The van der Waals surface area contributed by atoms with Crippen molar-refractivity contribution in [1.29, 1.82) is 0 Å². The Morgan fingerprint density at radius 2 is 1.71 bits per heavy atom. The number of nitrogens with zero attached hydrogens (tertiary/aromatic N) is 2. The number of primary amides is 1.